The second-order valence-corrected chi connectivity index (χ2v) is 9.53. The Kier molecular flexibility index (Phi) is 7.85. The molecule has 0 aromatic rings. The fourth-order valence-corrected chi connectivity index (χ4v) is 4.39. The number of carbonyl (C=O) groups is 1. The Morgan fingerprint density at radius 1 is 1.31 bits per heavy atom. The normalized spacial score (nSPS) is 25.1. The number of hydrogen-bond acceptors (Lipinski definition) is 2. The molecule has 1 rings (SSSR count). The van der Waals surface area contributed by atoms with E-state index in [-0.39, 0.29) is 5.54 Å². The maximum atomic E-state index is 12.2. The van der Waals surface area contributed by atoms with Crippen molar-refractivity contribution in [2.75, 3.05) is 6.26 Å². The molecule has 0 radical (unpaired) electrons. The van der Waals surface area contributed by atoms with Crippen LogP contribution in [0.4, 0.5) is 0 Å². The summed E-state index contributed by atoms with van der Waals surface area (Å²) in [7, 11) is -2.31. The first kappa shape index (κ1) is 22.2. The van der Waals surface area contributed by atoms with Crippen LogP contribution in [-0.2, 0) is 14.5 Å². The van der Waals surface area contributed by atoms with Crippen LogP contribution >= 0.6 is 0 Å². The van der Waals surface area contributed by atoms with Crippen LogP contribution in [0.3, 0.4) is 0 Å². The van der Waals surface area contributed by atoms with Crippen molar-refractivity contribution in [3.63, 3.8) is 0 Å². The zero-order valence-electron chi connectivity index (χ0n) is 16.5. The van der Waals surface area contributed by atoms with Gasteiger partial charge in [0.1, 0.15) is 0 Å². The number of hydrogen-bond donors (Lipinski definition) is 2. The molecular formula is C21H31NO3S. The molecule has 5 heteroatoms. The molecule has 0 bridgehead atoms. The maximum absolute atomic E-state index is 12.2. The quantitative estimate of drug-likeness (QED) is 0.397. The summed E-state index contributed by atoms with van der Waals surface area (Å²) < 4.78 is 15.4. The number of carboxylic acid groups (broad SMARTS) is 1. The first-order chi connectivity index (χ1) is 11.9. The molecule has 1 aliphatic rings. The Morgan fingerprint density at radius 2 is 1.96 bits per heavy atom. The van der Waals surface area contributed by atoms with Gasteiger partial charge in [0.25, 0.3) is 0 Å². The van der Waals surface area contributed by atoms with Crippen molar-refractivity contribution in [3.8, 4) is 0 Å². The van der Waals surface area contributed by atoms with Crippen LogP contribution in [0.15, 0.2) is 58.7 Å². The lowest BCUT2D eigenvalue weighted by atomic mass is 9.78. The standard InChI is InChI=1S/C21H31NO3S/c1-16(9-7-10-17(2)15-20(23)24)12-13-19-18(3)11-8-14-21(19,4)22-26(5,6)25/h7,9-10,12-13,15H,5,8,11,14H2,1-4,6H3,(H,22,25)(H,23,24)/b10-7+,13-12+,16-9+,17-15+/t21-,26?/m1/s1. The molecule has 0 fully saturated rings. The highest BCUT2D eigenvalue weighted by Gasteiger charge is 2.32. The van der Waals surface area contributed by atoms with Crippen molar-refractivity contribution in [1.29, 1.82) is 0 Å². The van der Waals surface area contributed by atoms with Crippen molar-refractivity contribution in [2.45, 2.75) is 52.5 Å². The number of nitrogens with one attached hydrogen (secondary N) is 1. The molecule has 26 heavy (non-hydrogen) atoms. The summed E-state index contributed by atoms with van der Waals surface area (Å²) in [6.45, 7) is 7.95. The second kappa shape index (κ2) is 9.19. The van der Waals surface area contributed by atoms with E-state index in [9.17, 15) is 9.00 Å². The highest BCUT2D eigenvalue weighted by molar-refractivity contribution is 7.97. The van der Waals surface area contributed by atoms with Gasteiger partial charge in [-0.2, -0.15) is 0 Å². The molecule has 0 aromatic carbocycles. The predicted octanol–water partition coefficient (Wildman–Crippen LogP) is 4.19. The predicted molar refractivity (Wildman–Crippen MR) is 113 cm³/mol. The van der Waals surface area contributed by atoms with Gasteiger partial charge in [0.05, 0.1) is 5.54 Å². The van der Waals surface area contributed by atoms with Crippen LogP contribution in [0, 0.1) is 0 Å². The van der Waals surface area contributed by atoms with Crippen molar-refractivity contribution >= 4 is 21.5 Å². The Balaban J connectivity index is 3.00. The smallest absolute Gasteiger partial charge is 0.328 e. The fraction of sp³-hybridized carbons (Fsp3) is 0.429. The topological polar surface area (TPSA) is 66.4 Å². The summed E-state index contributed by atoms with van der Waals surface area (Å²) in [4.78, 5) is 10.6. The molecular weight excluding hydrogens is 346 g/mol. The van der Waals surface area contributed by atoms with Crippen molar-refractivity contribution in [2.24, 2.45) is 0 Å². The Morgan fingerprint density at radius 3 is 2.54 bits per heavy atom. The van der Waals surface area contributed by atoms with E-state index in [1.807, 2.05) is 25.2 Å². The van der Waals surface area contributed by atoms with E-state index in [4.69, 9.17) is 5.11 Å². The first-order valence-corrected chi connectivity index (χ1v) is 10.8. The van der Waals surface area contributed by atoms with Crippen LogP contribution < -0.4 is 4.72 Å². The van der Waals surface area contributed by atoms with Gasteiger partial charge in [0, 0.05) is 22.0 Å². The lowest BCUT2D eigenvalue weighted by Crippen LogP contribution is -2.48. The summed E-state index contributed by atoms with van der Waals surface area (Å²) in [5.41, 5.74) is 3.85. The van der Waals surface area contributed by atoms with E-state index in [2.05, 4.69) is 30.5 Å². The van der Waals surface area contributed by atoms with Crippen molar-refractivity contribution in [3.05, 3.63) is 58.7 Å². The molecule has 0 heterocycles. The molecule has 2 N–H and O–H groups in total. The number of rotatable bonds is 7. The molecule has 0 aliphatic heterocycles. The Bertz CT molecular complexity index is 795. The lowest BCUT2D eigenvalue weighted by molar-refractivity contribution is -0.131. The van der Waals surface area contributed by atoms with E-state index in [0.29, 0.717) is 5.57 Å². The van der Waals surface area contributed by atoms with Gasteiger partial charge in [-0.15, -0.1) is 0 Å². The third-order valence-electron chi connectivity index (χ3n) is 4.31. The fourth-order valence-electron chi connectivity index (χ4n) is 3.22. The van der Waals surface area contributed by atoms with Gasteiger partial charge in [-0.1, -0.05) is 41.5 Å². The maximum Gasteiger partial charge on any atom is 0.328 e. The molecule has 0 aromatic heterocycles. The van der Waals surface area contributed by atoms with Crippen LogP contribution in [-0.4, -0.2) is 32.9 Å². The molecule has 0 amide bonds. The van der Waals surface area contributed by atoms with E-state index < -0.39 is 15.7 Å². The van der Waals surface area contributed by atoms with Crippen LogP contribution in [0.1, 0.15) is 47.0 Å². The molecule has 2 atom stereocenters. The Labute approximate surface area is 158 Å². The molecule has 1 aliphatic carbocycles. The average Bonchev–Trinajstić information content (AvgIpc) is 2.43. The van der Waals surface area contributed by atoms with E-state index in [0.717, 1.165) is 24.8 Å². The number of allylic oxidation sites excluding steroid dienone is 7. The summed E-state index contributed by atoms with van der Waals surface area (Å²) in [6.07, 6.45) is 15.5. The molecule has 0 saturated heterocycles. The molecule has 0 spiro atoms. The van der Waals surface area contributed by atoms with Gasteiger partial charge in [0.2, 0.25) is 0 Å². The van der Waals surface area contributed by atoms with E-state index >= 15 is 0 Å². The molecule has 144 valence electrons. The zero-order valence-corrected chi connectivity index (χ0v) is 17.3. The molecule has 4 nitrogen and oxygen atoms in total. The van der Waals surface area contributed by atoms with Gasteiger partial charge >= 0.3 is 5.97 Å². The average molecular weight is 378 g/mol. The largest absolute Gasteiger partial charge is 0.478 e. The van der Waals surface area contributed by atoms with Crippen LogP contribution in [0.2, 0.25) is 0 Å². The van der Waals surface area contributed by atoms with E-state index in [1.165, 1.54) is 17.2 Å². The van der Waals surface area contributed by atoms with Crippen LogP contribution in [0.5, 0.6) is 0 Å². The van der Waals surface area contributed by atoms with E-state index in [1.54, 1.807) is 19.3 Å². The highest BCUT2D eigenvalue weighted by Crippen LogP contribution is 2.35. The molecule has 0 saturated carbocycles. The van der Waals surface area contributed by atoms with Gasteiger partial charge in [-0.25, -0.2) is 9.52 Å². The minimum absolute atomic E-state index is 0.344. The minimum Gasteiger partial charge on any atom is -0.478 e. The lowest BCUT2D eigenvalue weighted by Gasteiger charge is -2.37. The zero-order chi connectivity index (χ0) is 20.0. The minimum atomic E-state index is -2.31. The number of aliphatic carboxylic acids is 1. The second-order valence-electron chi connectivity index (χ2n) is 7.32. The summed E-state index contributed by atoms with van der Waals surface area (Å²) in [5, 5.41) is 8.70. The monoisotopic (exact) mass is 377 g/mol. The van der Waals surface area contributed by atoms with Crippen LogP contribution in [0.25, 0.3) is 0 Å². The first-order valence-electron chi connectivity index (χ1n) is 8.68. The van der Waals surface area contributed by atoms with Gasteiger partial charge in [0.15, 0.2) is 0 Å². The third-order valence-corrected chi connectivity index (χ3v) is 5.19. The summed E-state index contributed by atoms with van der Waals surface area (Å²) in [5.74, 6) is 2.80. The van der Waals surface area contributed by atoms with Gasteiger partial charge < -0.3 is 5.11 Å². The Hall–Kier alpha value is -1.85. The third kappa shape index (κ3) is 7.58. The summed E-state index contributed by atoms with van der Waals surface area (Å²) >= 11 is 0. The molecule has 1 unspecified atom stereocenters. The van der Waals surface area contributed by atoms with Gasteiger partial charge in [-0.05, 0) is 64.0 Å². The van der Waals surface area contributed by atoms with Crippen molar-refractivity contribution < 1.29 is 14.1 Å². The highest BCUT2D eigenvalue weighted by atomic mass is 32.2. The summed E-state index contributed by atoms with van der Waals surface area (Å²) in [6, 6.07) is 0. The van der Waals surface area contributed by atoms with Gasteiger partial charge in [-0.3, -0.25) is 4.21 Å². The number of carboxylic acids is 1. The SMILES string of the molecule is C=S(C)(=O)N[C@]1(C)CCCC(C)=C1/C=C/C(C)=C/C=C/C(C)=C/C(=O)O. The van der Waals surface area contributed by atoms with Crippen molar-refractivity contribution in [1.82, 2.24) is 4.72 Å².